The number of ether oxygens (including phenoxy) is 2. The molecular formula is C19H21NO3. The molecule has 0 aliphatic carbocycles. The van der Waals surface area contributed by atoms with E-state index in [1.54, 1.807) is 14.2 Å². The van der Waals surface area contributed by atoms with E-state index in [0.717, 1.165) is 34.1 Å². The molecule has 4 nitrogen and oxygen atoms in total. The van der Waals surface area contributed by atoms with Crippen LogP contribution in [0.1, 0.15) is 18.1 Å². The van der Waals surface area contributed by atoms with Crippen LogP contribution < -0.4 is 9.47 Å². The molecule has 0 amide bonds. The number of aliphatic hydroxyl groups excluding tert-OH is 1. The second kappa shape index (κ2) is 6.34. The fourth-order valence-electron chi connectivity index (χ4n) is 3.00. The van der Waals surface area contributed by atoms with E-state index in [-0.39, 0.29) is 6.61 Å². The lowest BCUT2D eigenvalue weighted by Gasteiger charge is -2.10. The van der Waals surface area contributed by atoms with Gasteiger partial charge in [-0.15, -0.1) is 0 Å². The molecule has 0 spiro atoms. The van der Waals surface area contributed by atoms with Crippen LogP contribution in [0.5, 0.6) is 11.5 Å². The molecule has 23 heavy (non-hydrogen) atoms. The van der Waals surface area contributed by atoms with Gasteiger partial charge in [0, 0.05) is 22.2 Å². The third-order valence-electron chi connectivity index (χ3n) is 4.18. The molecule has 2 N–H and O–H groups in total. The van der Waals surface area contributed by atoms with Crippen molar-refractivity contribution in [1.82, 2.24) is 4.98 Å². The number of H-pyrrole nitrogens is 1. The highest BCUT2D eigenvalue weighted by molar-refractivity contribution is 5.91. The van der Waals surface area contributed by atoms with Gasteiger partial charge in [0.05, 0.1) is 20.8 Å². The summed E-state index contributed by atoms with van der Waals surface area (Å²) >= 11 is 0. The Bertz CT molecular complexity index is 836. The number of aryl methyl sites for hydroxylation is 1. The Morgan fingerprint density at radius 3 is 2.43 bits per heavy atom. The molecule has 0 saturated heterocycles. The van der Waals surface area contributed by atoms with Gasteiger partial charge in [-0.1, -0.05) is 13.0 Å². The summed E-state index contributed by atoms with van der Waals surface area (Å²) in [7, 11) is 3.27. The van der Waals surface area contributed by atoms with Crippen LogP contribution in [-0.4, -0.2) is 24.3 Å². The summed E-state index contributed by atoms with van der Waals surface area (Å²) < 4.78 is 10.7. The number of hydrogen-bond donors (Lipinski definition) is 2. The van der Waals surface area contributed by atoms with Gasteiger partial charge in [0.25, 0.3) is 0 Å². The van der Waals surface area contributed by atoms with Crippen LogP contribution in [-0.2, 0) is 13.0 Å². The molecule has 0 radical (unpaired) electrons. The van der Waals surface area contributed by atoms with Crippen molar-refractivity contribution in [2.45, 2.75) is 20.0 Å². The zero-order valence-electron chi connectivity index (χ0n) is 13.6. The fraction of sp³-hybridized carbons (Fsp3) is 0.263. The predicted octanol–water partition coefficient (Wildman–Crippen LogP) is 3.91. The minimum atomic E-state index is 0.0516. The summed E-state index contributed by atoms with van der Waals surface area (Å²) in [6.45, 7) is 2.19. The molecule has 3 rings (SSSR count). The Morgan fingerprint density at radius 2 is 1.78 bits per heavy atom. The van der Waals surface area contributed by atoms with E-state index in [4.69, 9.17) is 9.47 Å². The molecule has 2 aromatic carbocycles. The molecule has 120 valence electrons. The SMILES string of the molecule is CCc1c(-c2ccc(OC)c(OC)c2)[nH]c2ccc(CO)cc12. The van der Waals surface area contributed by atoms with Gasteiger partial charge in [0.15, 0.2) is 11.5 Å². The number of rotatable bonds is 5. The molecule has 0 bridgehead atoms. The average Bonchev–Trinajstić information content (AvgIpc) is 2.98. The molecule has 0 aliphatic heterocycles. The van der Waals surface area contributed by atoms with Crippen molar-refractivity contribution >= 4 is 10.9 Å². The van der Waals surface area contributed by atoms with Crippen LogP contribution >= 0.6 is 0 Å². The molecule has 0 unspecified atom stereocenters. The Hall–Kier alpha value is -2.46. The highest BCUT2D eigenvalue weighted by Crippen LogP contribution is 2.36. The number of nitrogens with one attached hydrogen (secondary N) is 1. The van der Waals surface area contributed by atoms with Crippen molar-refractivity contribution in [2.75, 3.05) is 14.2 Å². The Labute approximate surface area is 135 Å². The van der Waals surface area contributed by atoms with Crippen LogP contribution in [0.15, 0.2) is 36.4 Å². The topological polar surface area (TPSA) is 54.5 Å². The van der Waals surface area contributed by atoms with Crippen molar-refractivity contribution in [2.24, 2.45) is 0 Å². The van der Waals surface area contributed by atoms with Crippen molar-refractivity contribution in [3.05, 3.63) is 47.5 Å². The van der Waals surface area contributed by atoms with Crippen LogP contribution in [0.25, 0.3) is 22.2 Å². The largest absolute Gasteiger partial charge is 0.493 e. The summed E-state index contributed by atoms with van der Waals surface area (Å²) in [4.78, 5) is 3.49. The first-order chi connectivity index (χ1) is 11.2. The van der Waals surface area contributed by atoms with Gasteiger partial charge in [-0.25, -0.2) is 0 Å². The zero-order chi connectivity index (χ0) is 16.4. The molecule has 0 atom stereocenters. The minimum absolute atomic E-state index is 0.0516. The van der Waals surface area contributed by atoms with Gasteiger partial charge >= 0.3 is 0 Å². The second-order valence-corrected chi connectivity index (χ2v) is 5.44. The van der Waals surface area contributed by atoms with Crippen molar-refractivity contribution < 1.29 is 14.6 Å². The molecular weight excluding hydrogens is 290 g/mol. The van der Waals surface area contributed by atoms with Crippen molar-refractivity contribution in [3.8, 4) is 22.8 Å². The van der Waals surface area contributed by atoms with Crippen molar-refractivity contribution in [3.63, 3.8) is 0 Å². The second-order valence-electron chi connectivity index (χ2n) is 5.44. The summed E-state index contributed by atoms with van der Waals surface area (Å²) in [5, 5.41) is 10.5. The van der Waals surface area contributed by atoms with Crippen LogP contribution in [0.2, 0.25) is 0 Å². The summed E-state index contributed by atoms with van der Waals surface area (Å²) in [5.41, 5.74) is 5.37. The number of methoxy groups -OCH3 is 2. The molecule has 0 saturated carbocycles. The Balaban J connectivity index is 2.19. The monoisotopic (exact) mass is 311 g/mol. The number of hydrogen-bond acceptors (Lipinski definition) is 3. The van der Waals surface area contributed by atoms with E-state index in [9.17, 15) is 5.11 Å². The van der Waals surface area contributed by atoms with Gasteiger partial charge in [-0.2, -0.15) is 0 Å². The normalized spacial score (nSPS) is 11.0. The van der Waals surface area contributed by atoms with Crippen LogP contribution in [0.3, 0.4) is 0 Å². The van der Waals surface area contributed by atoms with E-state index in [1.165, 1.54) is 5.56 Å². The maximum Gasteiger partial charge on any atom is 0.161 e. The van der Waals surface area contributed by atoms with Gasteiger partial charge in [-0.3, -0.25) is 0 Å². The number of aromatic nitrogens is 1. The number of benzene rings is 2. The summed E-state index contributed by atoms with van der Waals surface area (Å²) in [6, 6.07) is 11.9. The zero-order valence-corrected chi connectivity index (χ0v) is 13.6. The van der Waals surface area contributed by atoms with Crippen LogP contribution in [0.4, 0.5) is 0 Å². The van der Waals surface area contributed by atoms with E-state index in [0.29, 0.717) is 11.5 Å². The lowest BCUT2D eigenvalue weighted by atomic mass is 10.0. The number of aliphatic hydroxyl groups is 1. The molecule has 3 aromatic rings. The molecule has 0 aliphatic rings. The van der Waals surface area contributed by atoms with Crippen molar-refractivity contribution in [1.29, 1.82) is 0 Å². The molecule has 1 heterocycles. The first-order valence-electron chi connectivity index (χ1n) is 7.68. The summed E-state index contributed by atoms with van der Waals surface area (Å²) in [5.74, 6) is 1.43. The Morgan fingerprint density at radius 1 is 1.00 bits per heavy atom. The maximum atomic E-state index is 9.37. The van der Waals surface area contributed by atoms with Gasteiger partial charge < -0.3 is 19.6 Å². The van der Waals surface area contributed by atoms with Gasteiger partial charge in [0.1, 0.15) is 0 Å². The standard InChI is InChI=1S/C19H21NO3/c1-4-14-15-9-12(11-21)5-7-16(15)20-19(14)13-6-8-17(22-2)18(10-13)23-3/h5-10,20-21H,4,11H2,1-3H3. The number of fused-ring (bicyclic) bond motifs is 1. The average molecular weight is 311 g/mol. The molecule has 1 aromatic heterocycles. The smallest absolute Gasteiger partial charge is 0.161 e. The summed E-state index contributed by atoms with van der Waals surface area (Å²) in [6.07, 6.45) is 0.901. The number of aromatic amines is 1. The highest BCUT2D eigenvalue weighted by atomic mass is 16.5. The third kappa shape index (κ3) is 2.66. The first-order valence-corrected chi connectivity index (χ1v) is 7.68. The third-order valence-corrected chi connectivity index (χ3v) is 4.18. The van der Waals surface area contributed by atoms with Gasteiger partial charge in [0.2, 0.25) is 0 Å². The van der Waals surface area contributed by atoms with E-state index >= 15 is 0 Å². The molecule has 0 fully saturated rings. The van der Waals surface area contributed by atoms with Gasteiger partial charge in [-0.05, 0) is 47.9 Å². The predicted molar refractivity (Wildman–Crippen MR) is 92.1 cm³/mol. The van der Waals surface area contributed by atoms with Crippen LogP contribution in [0, 0.1) is 0 Å². The van der Waals surface area contributed by atoms with E-state index in [1.807, 2.05) is 30.3 Å². The first kappa shape index (κ1) is 15.4. The molecule has 4 heteroatoms. The lowest BCUT2D eigenvalue weighted by molar-refractivity contribution is 0.282. The Kier molecular flexibility index (Phi) is 4.26. The maximum absolute atomic E-state index is 9.37. The van der Waals surface area contributed by atoms with E-state index in [2.05, 4.69) is 18.0 Å². The fourth-order valence-corrected chi connectivity index (χ4v) is 3.00. The lowest BCUT2D eigenvalue weighted by Crippen LogP contribution is -1.92. The van der Waals surface area contributed by atoms with E-state index < -0.39 is 0 Å². The highest BCUT2D eigenvalue weighted by Gasteiger charge is 2.14. The quantitative estimate of drug-likeness (QED) is 0.751. The minimum Gasteiger partial charge on any atom is -0.493 e.